The summed E-state index contributed by atoms with van der Waals surface area (Å²) in [6, 6.07) is 5.95. The van der Waals surface area contributed by atoms with Gasteiger partial charge in [0.1, 0.15) is 0 Å². The lowest BCUT2D eigenvalue weighted by Gasteiger charge is -2.15. The van der Waals surface area contributed by atoms with Gasteiger partial charge in [-0.25, -0.2) is 0 Å². The van der Waals surface area contributed by atoms with Gasteiger partial charge in [0.2, 0.25) is 5.91 Å². The van der Waals surface area contributed by atoms with Gasteiger partial charge in [0.25, 0.3) is 0 Å². The van der Waals surface area contributed by atoms with E-state index in [1.807, 2.05) is 23.1 Å². The van der Waals surface area contributed by atoms with Gasteiger partial charge < -0.3 is 19.7 Å². The molecule has 0 atom stereocenters. The van der Waals surface area contributed by atoms with E-state index in [4.69, 9.17) is 9.47 Å². The molecule has 1 N–H and O–H groups in total. The lowest BCUT2D eigenvalue weighted by atomic mass is 10.2. The van der Waals surface area contributed by atoms with Crippen LogP contribution >= 0.6 is 0 Å². The molecule has 2 heterocycles. The van der Waals surface area contributed by atoms with Gasteiger partial charge in [-0.15, -0.1) is 0 Å². The van der Waals surface area contributed by atoms with Crippen molar-refractivity contribution in [2.45, 2.75) is 25.8 Å². The minimum atomic E-state index is 0.196. The van der Waals surface area contributed by atoms with Crippen molar-refractivity contribution in [1.29, 1.82) is 0 Å². The zero-order valence-electron chi connectivity index (χ0n) is 12.3. The summed E-state index contributed by atoms with van der Waals surface area (Å²) in [4.78, 5) is 13.9. The van der Waals surface area contributed by atoms with Crippen LogP contribution in [-0.4, -0.2) is 43.7 Å². The number of fused-ring (bicyclic) bond motifs is 1. The molecule has 114 valence electrons. The van der Waals surface area contributed by atoms with Crippen LogP contribution in [-0.2, 0) is 11.3 Å². The summed E-state index contributed by atoms with van der Waals surface area (Å²) in [7, 11) is 0. The van der Waals surface area contributed by atoms with Crippen LogP contribution in [0.15, 0.2) is 18.2 Å². The van der Waals surface area contributed by atoms with Crippen molar-refractivity contribution in [3.63, 3.8) is 0 Å². The summed E-state index contributed by atoms with van der Waals surface area (Å²) in [6.45, 7) is 4.27. The second kappa shape index (κ2) is 6.80. The summed E-state index contributed by atoms with van der Waals surface area (Å²) in [5.74, 6) is 1.81. The Hall–Kier alpha value is -1.75. The smallest absolute Gasteiger partial charge is 0.236 e. The molecular formula is C16H22N2O3. The number of carbonyl (C=O) groups is 1. The van der Waals surface area contributed by atoms with Crippen molar-refractivity contribution in [3.8, 4) is 11.5 Å². The maximum atomic E-state index is 11.9. The maximum Gasteiger partial charge on any atom is 0.236 e. The Morgan fingerprint density at radius 2 is 1.86 bits per heavy atom. The summed E-state index contributed by atoms with van der Waals surface area (Å²) in [5, 5.41) is 3.21. The highest BCUT2D eigenvalue weighted by Crippen LogP contribution is 2.30. The SMILES string of the molecule is O=C(CNCc1ccc2c(c1)OCCCO2)N1CCCC1. The highest BCUT2D eigenvalue weighted by atomic mass is 16.5. The first-order valence-electron chi connectivity index (χ1n) is 7.70. The molecule has 1 aromatic carbocycles. The third-order valence-electron chi connectivity index (χ3n) is 3.88. The predicted molar refractivity (Wildman–Crippen MR) is 79.6 cm³/mol. The lowest BCUT2D eigenvalue weighted by Crippen LogP contribution is -2.35. The van der Waals surface area contributed by atoms with E-state index in [1.54, 1.807) is 0 Å². The van der Waals surface area contributed by atoms with E-state index >= 15 is 0 Å². The molecule has 0 aliphatic carbocycles. The van der Waals surface area contributed by atoms with E-state index in [-0.39, 0.29) is 5.91 Å². The number of nitrogens with one attached hydrogen (secondary N) is 1. The van der Waals surface area contributed by atoms with Gasteiger partial charge in [0.15, 0.2) is 11.5 Å². The predicted octanol–water partition coefficient (Wildman–Crippen LogP) is 1.56. The standard InChI is InChI=1S/C16H22N2O3/c19-16(18-6-1-2-7-18)12-17-11-13-4-5-14-15(10-13)21-9-3-8-20-14/h4-5,10,17H,1-3,6-9,11-12H2. The van der Waals surface area contributed by atoms with E-state index in [0.29, 0.717) is 26.3 Å². The molecule has 1 aromatic rings. The number of amides is 1. The third kappa shape index (κ3) is 3.67. The Labute approximate surface area is 125 Å². The minimum absolute atomic E-state index is 0.196. The minimum Gasteiger partial charge on any atom is -0.490 e. The van der Waals surface area contributed by atoms with Crippen LogP contribution in [0.25, 0.3) is 0 Å². The molecule has 0 bridgehead atoms. The average Bonchev–Trinajstić information content (AvgIpc) is 2.93. The first kappa shape index (κ1) is 14.2. The number of nitrogens with zero attached hydrogens (tertiary/aromatic N) is 1. The van der Waals surface area contributed by atoms with E-state index in [9.17, 15) is 4.79 Å². The Morgan fingerprint density at radius 1 is 1.10 bits per heavy atom. The molecule has 0 spiro atoms. The number of ether oxygens (including phenoxy) is 2. The van der Waals surface area contributed by atoms with Crippen molar-refractivity contribution in [3.05, 3.63) is 23.8 Å². The number of benzene rings is 1. The monoisotopic (exact) mass is 290 g/mol. The molecule has 0 radical (unpaired) electrons. The molecule has 1 amide bonds. The maximum absolute atomic E-state index is 11.9. The Bertz CT molecular complexity index is 498. The molecule has 1 saturated heterocycles. The average molecular weight is 290 g/mol. The van der Waals surface area contributed by atoms with Gasteiger partial charge in [-0.2, -0.15) is 0 Å². The van der Waals surface area contributed by atoms with Crippen molar-refractivity contribution in [2.75, 3.05) is 32.8 Å². The van der Waals surface area contributed by atoms with Crippen LogP contribution < -0.4 is 14.8 Å². The lowest BCUT2D eigenvalue weighted by molar-refractivity contribution is -0.129. The number of hydrogen-bond donors (Lipinski definition) is 1. The number of rotatable bonds is 4. The molecule has 2 aliphatic rings. The summed E-state index contributed by atoms with van der Waals surface area (Å²) >= 11 is 0. The summed E-state index contributed by atoms with van der Waals surface area (Å²) in [5.41, 5.74) is 1.11. The molecule has 5 heteroatoms. The molecule has 2 aliphatic heterocycles. The molecule has 0 saturated carbocycles. The number of carbonyl (C=O) groups excluding carboxylic acids is 1. The molecular weight excluding hydrogens is 268 g/mol. The van der Waals surface area contributed by atoms with Gasteiger partial charge in [-0.1, -0.05) is 6.07 Å². The third-order valence-corrected chi connectivity index (χ3v) is 3.88. The fraction of sp³-hybridized carbons (Fsp3) is 0.562. The highest BCUT2D eigenvalue weighted by Gasteiger charge is 2.17. The topological polar surface area (TPSA) is 50.8 Å². The Balaban J connectivity index is 1.51. The molecule has 0 aromatic heterocycles. The van der Waals surface area contributed by atoms with Gasteiger partial charge in [0, 0.05) is 26.1 Å². The van der Waals surface area contributed by atoms with E-state index in [2.05, 4.69) is 5.32 Å². The van der Waals surface area contributed by atoms with Crippen molar-refractivity contribution in [2.24, 2.45) is 0 Å². The zero-order valence-corrected chi connectivity index (χ0v) is 12.3. The van der Waals surface area contributed by atoms with Crippen LogP contribution in [0.3, 0.4) is 0 Å². The second-order valence-electron chi connectivity index (χ2n) is 5.52. The van der Waals surface area contributed by atoms with Gasteiger partial charge >= 0.3 is 0 Å². The Kier molecular flexibility index (Phi) is 4.60. The van der Waals surface area contributed by atoms with Gasteiger partial charge in [-0.3, -0.25) is 4.79 Å². The van der Waals surface area contributed by atoms with Crippen LogP contribution in [0.4, 0.5) is 0 Å². The van der Waals surface area contributed by atoms with Gasteiger partial charge in [0.05, 0.1) is 19.8 Å². The molecule has 21 heavy (non-hydrogen) atoms. The molecule has 5 nitrogen and oxygen atoms in total. The highest BCUT2D eigenvalue weighted by molar-refractivity contribution is 5.78. The van der Waals surface area contributed by atoms with Crippen molar-refractivity contribution in [1.82, 2.24) is 10.2 Å². The van der Waals surface area contributed by atoms with Gasteiger partial charge in [-0.05, 0) is 30.5 Å². The molecule has 0 unspecified atom stereocenters. The largest absolute Gasteiger partial charge is 0.490 e. The van der Waals surface area contributed by atoms with E-state index in [0.717, 1.165) is 49.4 Å². The van der Waals surface area contributed by atoms with Crippen molar-refractivity contribution < 1.29 is 14.3 Å². The first-order chi connectivity index (χ1) is 10.3. The summed E-state index contributed by atoms with van der Waals surface area (Å²) < 4.78 is 11.3. The van der Waals surface area contributed by atoms with Crippen LogP contribution in [0.2, 0.25) is 0 Å². The van der Waals surface area contributed by atoms with E-state index in [1.165, 1.54) is 0 Å². The molecule has 1 fully saturated rings. The quantitative estimate of drug-likeness (QED) is 0.914. The zero-order chi connectivity index (χ0) is 14.5. The second-order valence-corrected chi connectivity index (χ2v) is 5.52. The molecule has 3 rings (SSSR count). The van der Waals surface area contributed by atoms with Crippen LogP contribution in [0, 0.1) is 0 Å². The van der Waals surface area contributed by atoms with Crippen LogP contribution in [0.5, 0.6) is 11.5 Å². The Morgan fingerprint density at radius 3 is 2.67 bits per heavy atom. The fourth-order valence-corrected chi connectivity index (χ4v) is 2.71. The van der Waals surface area contributed by atoms with Crippen molar-refractivity contribution >= 4 is 5.91 Å². The normalized spacial score (nSPS) is 17.6. The summed E-state index contributed by atoms with van der Waals surface area (Å²) in [6.07, 6.45) is 3.18. The van der Waals surface area contributed by atoms with Crippen LogP contribution in [0.1, 0.15) is 24.8 Å². The number of likely N-dealkylation sites (tertiary alicyclic amines) is 1. The number of hydrogen-bond acceptors (Lipinski definition) is 4. The van der Waals surface area contributed by atoms with E-state index < -0.39 is 0 Å². The first-order valence-corrected chi connectivity index (χ1v) is 7.70. The fourth-order valence-electron chi connectivity index (χ4n) is 2.71.